The van der Waals surface area contributed by atoms with Gasteiger partial charge in [0, 0.05) is 25.9 Å². The number of ether oxygens (including phenoxy) is 5. The van der Waals surface area contributed by atoms with Crippen LogP contribution in [-0.2, 0) is 23.8 Å². The lowest BCUT2D eigenvalue weighted by Gasteiger charge is -2.37. The van der Waals surface area contributed by atoms with Gasteiger partial charge >= 0.3 is 5.97 Å². The molecule has 1 unspecified atom stereocenters. The topological polar surface area (TPSA) is 99.1 Å². The van der Waals surface area contributed by atoms with E-state index in [1.807, 2.05) is 22.4 Å². The first kappa shape index (κ1) is 26.1. The number of hydrogen-bond acceptors (Lipinski definition) is 10. The molecule has 4 rings (SSSR count). The van der Waals surface area contributed by atoms with Gasteiger partial charge in [-0.05, 0) is 30.0 Å². The van der Waals surface area contributed by atoms with Crippen LogP contribution in [0.3, 0.4) is 0 Å². The molecule has 3 aliphatic heterocycles. The van der Waals surface area contributed by atoms with Gasteiger partial charge in [0.2, 0.25) is 5.91 Å². The SMILES string of the molecule is COCCOC(=O)C1=C(C)N=C2SC=C(CC(=O)N3CCOCC3)N2C1c1ccc(OC)c(OC)c1. The summed E-state index contributed by atoms with van der Waals surface area (Å²) in [5, 5.41) is 2.63. The Bertz CT molecular complexity index is 1100. The molecule has 0 aromatic heterocycles. The molecule has 1 aromatic rings. The number of fused-ring (bicyclic) bond motifs is 1. The molecule has 1 aromatic carbocycles. The van der Waals surface area contributed by atoms with Gasteiger partial charge in [0.25, 0.3) is 0 Å². The Hall–Kier alpha value is -3.02. The summed E-state index contributed by atoms with van der Waals surface area (Å²) in [7, 11) is 4.68. The van der Waals surface area contributed by atoms with Crippen molar-refractivity contribution in [2.45, 2.75) is 19.4 Å². The van der Waals surface area contributed by atoms with Crippen molar-refractivity contribution in [2.75, 3.05) is 60.8 Å². The van der Waals surface area contributed by atoms with Gasteiger partial charge < -0.3 is 33.5 Å². The maximum absolute atomic E-state index is 13.3. The molecule has 3 aliphatic rings. The van der Waals surface area contributed by atoms with Crippen molar-refractivity contribution in [2.24, 2.45) is 4.99 Å². The minimum absolute atomic E-state index is 0.00737. The molecule has 10 nitrogen and oxygen atoms in total. The standard InChI is InChI=1S/C25H31N3O7S/c1-16-22(24(30)35-12-11-31-2)23(17-5-6-19(32-3)20(13-17)33-4)28-18(15-36-25(28)26-16)14-21(29)27-7-9-34-10-8-27/h5-6,13,15,23H,7-12,14H2,1-4H3. The van der Waals surface area contributed by atoms with Gasteiger partial charge in [-0.15, -0.1) is 0 Å². The zero-order valence-electron chi connectivity index (χ0n) is 20.9. The van der Waals surface area contributed by atoms with Crippen molar-refractivity contribution in [3.63, 3.8) is 0 Å². The summed E-state index contributed by atoms with van der Waals surface area (Å²) >= 11 is 1.43. The Morgan fingerprint density at radius 1 is 1.11 bits per heavy atom. The number of thioether (sulfide) groups is 1. The number of benzene rings is 1. The highest BCUT2D eigenvalue weighted by molar-refractivity contribution is 8.16. The molecule has 0 radical (unpaired) electrons. The smallest absolute Gasteiger partial charge is 0.338 e. The second-order valence-electron chi connectivity index (χ2n) is 8.31. The molecule has 1 atom stereocenters. The monoisotopic (exact) mass is 517 g/mol. The first-order valence-electron chi connectivity index (χ1n) is 11.7. The Balaban J connectivity index is 1.71. The predicted octanol–water partition coefficient (Wildman–Crippen LogP) is 2.72. The Kier molecular flexibility index (Phi) is 8.55. The third-order valence-corrected chi connectivity index (χ3v) is 7.05. The molecule has 0 saturated carbocycles. The molecule has 1 fully saturated rings. The van der Waals surface area contributed by atoms with Crippen molar-refractivity contribution >= 4 is 28.8 Å². The van der Waals surface area contributed by atoms with E-state index in [4.69, 9.17) is 28.7 Å². The third-order valence-electron chi connectivity index (χ3n) is 6.16. The average Bonchev–Trinajstić information content (AvgIpc) is 3.29. The van der Waals surface area contributed by atoms with Gasteiger partial charge in [-0.1, -0.05) is 17.8 Å². The lowest BCUT2D eigenvalue weighted by molar-refractivity contribution is -0.141. The van der Waals surface area contributed by atoms with Crippen LogP contribution in [-0.4, -0.2) is 87.7 Å². The van der Waals surface area contributed by atoms with E-state index in [-0.39, 0.29) is 25.5 Å². The number of morpholine rings is 1. The van der Waals surface area contributed by atoms with Crippen molar-refractivity contribution in [1.29, 1.82) is 0 Å². The summed E-state index contributed by atoms with van der Waals surface area (Å²) in [4.78, 5) is 34.9. The molecule has 194 valence electrons. The fraction of sp³-hybridized carbons (Fsp3) is 0.480. The van der Waals surface area contributed by atoms with Gasteiger partial charge in [0.05, 0.1) is 57.8 Å². The van der Waals surface area contributed by atoms with Gasteiger partial charge in [-0.25, -0.2) is 9.79 Å². The van der Waals surface area contributed by atoms with Crippen molar-refractivity contribution in [1.82, 2.24) is 9.80 Å². The molecule has 0 aliphatic carbocycles. The average molecular weight is 518 g/mol. The number of rotatable bonds is 9. The zero-order valence-corrected chi connectivity index (χ0v) is 21.8. The van der Waals surface area contributed by atoms with Crippen molar-refractivity contribution < 1.29 is 33.3 Å². The van der Waals surface area contributed by atoms with Crippen LogP contribution in [0.15, 0.2) is 45.6 Å². The molecule has 3 heterocycles. The van der Waals surface area contributed by atoms with Crippen LogP contribution >= 0.6 is 11.8 Å². The third kappa shape index (κ3) is 5.37. The molecular formula is C25H31N3O7S. The summed E-state index contributed by atoms with van der Waals surface area (Å²) in [6.45, 7) is 4.39. The van der Waals surface area contributed by atoms with Crippen LogP contribution < -0.4 is 9.47 Å². The number of carbonyl (C=O) groups excluding carboxylic acids is 2. The highest BCUT2D eigenvalue weighted by Gasteiger charge is 2.41. The van der Waals surface area contributed by atoms with Crippen LogP contribution in [0.1, 0.15) is 24.9 Å². The van der Waals surface area contributed by atoms with E-state index in [0.29, 0.717) is 54.2 Å². The van der Waals surface area contributed by atoms with E-state index < -0.39 is 12.0 Å². The van der Waals surface area contributed by atoms with Gasteiger partial charge in [-0.2, -0.15) is 0 Å². The maximum atomic E-state index is 13.3. The second-order valence-corrected chi connectivity index (χ2v) is 9.14. The van der Waals surface area contributed by atoms with E-state index in [9.17, 15) is 9.59 Å². The molecular weight excluding hydrogens is 486 g/mol. The highest BCUT2D eigenvalue weighted by Crippen LogP contribution is 2.46. The number of methoxy groups -OCH3 is 3. The fourth-order valence-corrected chi connectivity index (χ4v) is 5.31. The van der Waals surface area contributed by atoms with Crippen LogP contribution in [0.5, 0.6) is 11.5 Å². The minimum Gasteiger partial charge on any atom is -0.493 e. The molecule has 1 amide bonds. The number of carbonyl (C=O) groups is 2. The zero-order chi connectivity index (χ0) is 25.7. The number of aliphatic imine (C=N–C) groups is 1. The summed E-state index contributed by atoms with van der Waals surface area (Å²) in [5.41, 5.74) is 2.51. The van der Waals surface area contributed by atoms with E-state index in [0.717, 1.165) is 11.3 Å². The van der Waals surface area contributed by atoms with Crippen molar-refractivity contribution in [3.05, 3.63) is 46.1 Å². The molecule has 36 heavy (non-hydrogen) atoms. The minimum atomic E-state index is -0.564. The number of amides is 1. The number of amidine groups is 1. The predicted molar refractivity (Wildman–Crippen MR) is 135 cm³/mol. The number of allylic oxidation sites excluding steroid dienone is 1. The van der Waals surface area contributed by atoms with E-state index in [1.54, 1.807) is 39.2 Å². The Labute approximate surface area is 214 Å². The second kappa shape index (κ2) is 11.8. The maximum Gasteiger partial charge on any atom is 0.338 e. The van der Waals surface area contributed by atoms with Crippen LogP contribution in [0, 0.1) is 0 Å². The largest absolute Gasteiger partial charge is 0.493 e. The van der Waals surface area contributed by atoms with E-state index >= 15 is 0 Å². The number of nitrogens with zero attached hydrogens (tertiary/aromatic N) is 3. The normalized spacial score (nSPS) is 19.5. The Morgan fingerprint density at radius 3 is 2.56 bits per heavy atom. The molecule has 0 spiro atoms. The molecule has 0 bridgehead atoms. The van der Waals surface area contributed by atoms with Gasteiger partial charge in [0.15, 0.2) is 16.7 Å². The van der Waals surface area contributed by atoms with Gasteiger partial charge in [0.1, 0.15) is 6.61 Å². The lowest BCUT2D eigenvalue weighted by atomic mass is 9.93. The highest BCUT2D eigenvalue weighted by atomic mass is 32.2. The van der Waals surface area contributed by atoms with Crippen LogP contribution in [0.4, 0.5) is 0 Å². The Morgan fingerprint density at radius 2 is 1.86 bits per heavy atom. The quantitative estimate of drug-likeness (QED) is 0.362. The van der Waals surface area contributed by atoms with Crippen LogP contribution in [0.2, 0.25) is 0 Å². The lowest BCUT2D eigenvalue weighted by Crippen LogP contribution is -2.42. The van der Waals surface area contributed by atoms with Crippen LogP contribution in [0.25, 0.3) is 0 Å². The van der Waals surface area contributed by atoms with Gasteiger partial charge in [-0.3, -0.25) is 4.79 Å². The summed E-state index contributed by atoms with van der Waals surface area (Å²) in [6, 6.07) is 4.96. The summed E-state index contributed by atoms with van der Waals surface area (Å²) in [6.07, 6.45) is 0.181. The summed E-state index contributed by atoms with van der Waals surface area (Å²) < 4.78 is 26.9. The first-order valence-corrected chi connectivity index (χ1v) is 12.5. The van der Waals surface area contributed by atoms with E-state index in [2.05, 4.69) is 0 Å². The number of esters is 1. The summed E-state index contributed by atoms with van der Waals surface area (Å²) in [5.74, 6) is 0.631. The first-order chi connectivity index (χ1) is 17.5. The fourth-order valence-electron chi connectivity index (χ4n) is 4.34. The molecule has 11 heteroatoms. The number of hydrogen-bond donors (Lipinski definition) is 0. The van der Waals surface area contributed by atoms with E-state index in [1.165, 1.54) is 11.8 Å². The molecule has 1 saturated heterocycles. The van der Waals surface area contributed by atoms with Crippen molar-refractivity contribution in [3.8, 4) is 11.5 Å². The molecule has 0 N–H and O–H groups in total.